The molecule has 0 atom stereocenters. The summed E-state index contributed by atoms with van der Waals surface area (Å²) >= 11 is 0. The summed E-state index contributed by atoms with van der Waals surface area (Å²) in [5, 5.41) is 8.48. The first kappa shape index (κ1) is 21.8. The van der Waals surface area contributed by atoms with Crippen LogP contribution in [0.4, 0.5) is 0 Å². The molecule has 166 valence electrons. The quantitative estimate of drug-likeness (QED) is 0.454. The molecule has 0 fully saturated rings. The van der Waals surface area contributed by atoms with Crippen LogP contribution in [0.25, 0.3) is 33.2 Å². The maximum atomic E-state index is 13.0. The Bertz CT molecular complexity index is 1360. The Balaban J connectivity index is 0.000000567. The fourth-order valence-corrected chi connectivity index (χ4v) is 4.59. The van der Waals surface area contributed by atoms with Crippen LogP contribution >= 0.6 is 0 Å². The highest BCUT2D eigenvalue weighted by atomic mass is 16.4. The number of carboxylic acids is 1. The number of nitrogens with one attached hydrogen (secondary N) is 1. The molecule has 0 saturated carbocycles. The largest absolute Gasteiger partial charge is 0.481 e. The van der Waals surface area contributed by atoms with Crippen molar-refractivity contribution in [1.29, 1.82) is 0 Å². The van der Waals surface area contributed by atoms with E-state index in [1.807, 2.05) is 12.1 Å². The first-order valence-corrected chi connectivity index (χ1v) is 10.9. The van der Waals surface area contributed by atoms with E-state index in [4.69, 9.17) is 20.6 Å². The molecule has 1 aliphatic carbocycles. The smallest absolute Gasteiger partial charge is 0.300 e. The van der Waals surface area contributed by atoms with Crippen LogP contribution in [0.15, 0.2) is 41.2 Å². The van der Waals surface area contributed by atoms with Crippen molar-refractivity contribution in [2.45, 2.75) is 46.1 Å². The summed E-state index contributed by atoms with van der Waals surface area (Å²) in [6, 6.07) is 12.5. The van der Waals surface area contributed by atoms with E-state index in [9.17, 15) is 4.79 Å². The van der Waals surface area contributed by atoms with E-state index < -0.39 is 5.97 Å². The number of aromatic nitrogens is 3. The van der Waals surface area contributed by atoms with E-state index in [1.54, 1.807) is 0 Å². The molecule has 2 heterocycles. The zero-order valence-corrected chi connectivity index (χ0v) is 18.4. The lowest BCUT2D eigenvalue weighted by Crippen LogP contribution is -2.13. The maximum Gasteiger partial charge on any atom is 0.300 e. The van der Waals surface area contributed by atoms with Crippen LogP contribution in [0.5, 0.6) is 0 Å². The summed E-state index contributed by atoms with van der Waals surface area (Å²) in [5.41, 5.74) is 13.6. The third kappa shape index (κ3) is 4.03. The van der Waals surface area contributed by atoms with Crippen molar-refractivity contribution in [3.8, 4) is 11.3 Å². The van der Waals surface area contributed by atoms with E-state index in [-0.39, 0.29) is 5.56 Å². The molecular weight excluding hydrogens is 404 g/mol. The van der Waals surface area contributed by atoms with Crippen LogP contribution in [-0.4, -0.2) is 32.2 Å². The number of rotatable bonds is 4. The van der Waals surface area contributed by atoms with Crippen LogP contribution in [0.2, 0.25) is 0 Å². The van der Waals surface area contributed by atoms with Crippen molar-refractivity contribution in [2.24, 2.45) is 5.73 Å². The SMILES string of the molecule is CC(=O)O.Cc1c(-c2nc3cc4c(cc3[nH]c2=O)CCC4)c2ccccc2n1CCCN. The molecule has 7 nitrogen and oxygen atoms in total. The lowest BCUT2D eigenvalue weighted by atomic mass is 10.1. The average molecular weight is 433 g/mol. The number of para-hydroxylation sites is 1. The number of hydrogen-bond acceptors (Lipinski definition) is 4. The van der Waals surface area contributed by atoms with Gasteiger partial charge in [-0.3, -0.25) is 9.59 Å². The molecule has 0 amide bonds. The Morgan fingerprint density at radius 3 is 2.62 bits per heavy atom. The number of benzene rings is 2. The third-order valence-corrected chi connectivity index (χ3v) is 5.96. The molecule has 0 aliphatic heterocycles. The van der Waals surface area contributed by atoms with Gasteiger partial charge < -0.3 is 20.4 Å². The van der Waals surface area contributed by atoms with Gasteiger partial charge in [-0.15, -0.1) is 0 Å². The molecule has 5 rings (SSSR count). The predicted molar refractivity (Wildman–Crippen MR) is 127 cm³/mol. The van der Waals surface area contributed by atoms with E-state index in [2.05, 4.69) is 40.7 Å². The highest BCUT2D eigenvalue weighted by Gasteiger charge is 2.20. The standard InChI is InChI=1S/C23H24N4O.C2H4O2/c1-14-21(17-8-2-3-9-20(17)27(14)11-5-10-24)22-23(28)26-19-13-16-7-4-6-15(16)12-18(19)25-22;1-2(3)4/h2-3,8-9,12-13H,4-7,10-11,24H2,1H3,(H,26,28);1H3,(H,3,4). The molecule has 0 saturated heterocycles. The van der Waals surface area contributed by atoms with Crippen molar-refractivity contribution in [3.05, 3.63) is 63.6 Å². The van der Waals surface area contributed by atoms with Gasteiger partial charge in [-0.1, -0.05) is 18.2 Å². The molecule has 2 aromatic heterocycles. The molecule has 4 aromatic rings. The molecule has 0 unspecified atom stereocenters. The Labute approximate surface area is 185 Å². The molecule has 1 aliphatic rings. The topological polar surface area (TPSA) is 114 Å². The van der Waals surface area contributed by atoms with Crippen molar-refractivity contribution in [3.63, 3.8) is 0 Å². The zero-order valence-electron chi connectivity index (χ0n) is 18.4. The molecule has 32 heavy (non-hydrogen) atoms. The minimum absolute atomic E-state index is 0.129. The molecule has 0 bridgehead atoms. The van der Waals surface area contributed by atoms with Crippen LogP contribution in [-0.2, 0) is 24.2 Å². The van der Waals surface area contributed by atoms with E-state index >= 15 is 0 Å². The van der Waals surface area contributed by atoms with E-state index in [0.717, 1.165) is 65.9 Å². The van der Waals surface area contributed by atoms with Crippen molar-refractivity contribution >= 4 is 27.9 Å². The third-order valence-electron chi connectivity index (χ3n) is 5.96. The number of carboxylic acid groups (broad SMARTS) is 1. The van der Waals surface area contributed by atoms with Gasteiger partial charge >= 0.3 is 0 Å². The second-order valence-corrected chi connectivity index (χ2v) is 8.20. The highest BCUT2D eigenvalue weighted by Crippen LogP contribution is 2.33. The maximum absolute atomic E-state index is 13.0. The molecule has 4 N–H and O–H groups in total. The van der Waals surface area contributed by atoms with Gasteiger partial charge in [-0.05, 0) is 68.5 Å². The Kier molecular flexibility index (Phi) is 6.10. The summed E-state index contributed by atoms with van der Waals surface area (Å²) < 4.78 is 2.26. The van der Waals surface area contributed by atoms with Crippen LogP contribution in [0.3, 0.4) is 0 Å². The van der Waals surface area contributed by atoms with Crippen molar-refractivity contribution < 1.29 is 9.90 Å². The lowest BCUT2D eigenvalue weighted by Gasteiger charge is -2.08. The number of fused-ring (bicyclic) bond motifs is 3. The fraction of sp³-hybridized carbons (Fsp3) is 0.320. The summed E-state index contributed by atoms with van der Waals surface area (Å²) in [5.74, 6) is -0.833. The van der Waals surface area contributed by atoms with Gasteiger partial charge in [0.1, 0.15) is 5.69 Å². The van der Waals surface area contributed by atoms with Crippen LogP contribution < -0.4 is 11.3 Å². The Morgan fingerprint density at radius 1 is 1.22 bits per heavy atom. The number of aromatic amines is 1. The number of aryl methyl sites for hydroxylation is 3. The average Bonchev–Trinajstić information content (AvgIpc) is 3.31. The molecule has 7 heteroatoms. The van der Waals surface area contributed by atoms with Gasteiger partial charge in [0.2, 0.25) is 0 Å². The number of hydrogen-bond donors (Lipinski definition) is 3. The van der Waals surface area contributed by atoms with Gasteiger partial charge in [0.05, 0.1) is 11.0 Å². The number of H-pyrrole nitrogens is 1. The lowest BCUT2D eigenvalue weighted by molar-refractivity contribution is -0.134. The van der Waals surface area contributed by atoms with Crippen LogP contribution in [0, 0.1) is 6.92 Å². The highest BCUT2D eigenvalue weighted by molar-refractivity contribution is 5.97. The molecule has 0 spiro atoms. The summed E-state index contributed by atoms with van der Waals surface area (Å²) in [6.45, 7) is 4.63. The molecular formula is C25H28N4O3. The second kappa shape index (κ2) is 8.96. The zero-order chi connectivity index (χ0) is 22.8. The van der Waals surface area contributed by atoms with E-state index in [0.29, 0.717) is 12.2 Å². The first-order chi connectivity index (χ1) is 15.4. The van der Waals surface area contributed by atoms with Gasteiger partial charge in [0, 0.05) is 35.6 Å². The monoisotopic (exact) mass is 432 g/mol. The first-order valence-electron chi connectivity index (χ1n) is 10.9. The second-order valence-electron chi connectivity index (χ2n) is 8.20. The van der Waals surface area contributed by atoms with E-state index in [1.165, 1.54) is 17.5 Å². The predicted octanol–water partition coefficient (Wildman–Crippen LogP) is 3.78. The summed E-state index contributed by atoms with van der Waals surface area (Å²) in [4.78, 5) is 29.9. The van der Waals surface area contributed by atoms with Gasteiger partial charge in [-0.2, -0.15) is 0 Å². The minimum Gasteiger partial charge on any atom is -0.481 e. The summed E-state index contributed by atoms with van der Waals surface area (Å²) in [7, 11) is 0. The summed E-state index contributed by atoms with van der Waals surface area (Å²) in [6.07, 6.45) is 4.25. The molecule has 0 radical (unpaired) electrons. The van der Waals surface area contributed by atoms with Gasteiger partial charge in [-0.25, -0.2) is 4.98 Å². The number of aliphatic carboxylic acids is 1. The fourth-order valence-electron chi connectivity index (χ4n) is 4.59. The minimum atomic E-state index is -0.833. The van der Waals surface area contributed by atoms with Gasteiger partial charge in [0.25, 0.3) is 11.5 Å². The normalized spacial score (nSPS) is 12.6. The number of nitrogens with two attached hydrogens (primary N) is 1. The Morgan fingerprint density at radius 2 is 1.91 bits per heavy atom. The number of carbonyl (C=O) groups is 1. The van der Waals surface area contributed by atoms with Crippen molar-refractivity contribution in [2.75, 3.05) is 6.54 Å². The molecule has 2 aromatic carbocycles. The van der Waals surface area contributed by atoms with Crippen molar-refractivity contribution in [1.82, 2.24) is 14.5 Å². The van der Waals surface area contributed by atoms with Gasteiger partial charge in [0.15, 0.2) is 0 Å². The Hall–Kier alpha value is -3.45. The number of nitrogens with zero attached hydrogens (tertiary/aromatic N) is 2. The van der Waals surface area contributed by atoms with Crippen LogP contribution in [0.1, 0.15) is 36.6 Å².